The molecule has 0 unspecified atom stereocenters. The number of thioether (sulfide) groups is 1. The van der Waals surface area contributed by atoms with Crippen LogP contribution in [-0.2, 0) is 0 Å². The molecule has 2 amide bonds. The molecule has 2 aromatic heterocycles. The molecule has 0 aromatic carbocycles. The average molecular weight is 405 g/mol. The van der Waals surface area contributed by atoms with Gasteiger partial charge in [-0.05, 0) is 29.3 Å². The van der Waals surface area contributed by atoms with Gasteiger partial charge in [-0.2, -0.15) is 11.8 Å². The number of piperazine rings is 1. The highest BCUT2D eigenvalue weighted by atomic mass is 32.2. The first-order valence-electron chi connectivity index (χ1n) is 9.08. The van der Waals surface area contributed by atoms with E-state index in [4.69, 9.17) is 0 Å². The van der Waals surface area contributed by atoms with Crippen molar-refractivity contribution in [1.29, 1.82) is 0 Å². The third-order valence-corrected chi connectivity index (χ3v) is 6.13. The van der Waals surface area contributed by atoms with Crippen LogP contribution in [0.15, 0.2) is 35.8 Å². The van der Waals surface area contributed by atoms with Gasteiger partial charge in [0.05, 0.1) is 10.4 Å². The van der Waals surface area contributed by atoms with Crippen molar-refractivity contribution < 1.29 is 9.59 Å². The number of carbonyl (C=O) groups is 2. The Morgan fingerprint density at radius 3 is 2.67 bits per heavy atom. The summed E-state index contributed by atoms with van der Waals surface area (Å²) in [6, 6.07) is 7.46. The fourth-order valence-corrected chi connectivity index (χ4v) is 4.11. The number of pyridine rings is 1. The second kappa shape index (κ2) is 9.75. The minimum absolute atomic E-state index is 0.0860. The lowest BCUT2D eigenvalue weighted by Crippen LogP contribution is -2.48. The van der Waals surface area contributed by atoms with E-state index in [9.17, 15) is 9.59 Å². The molecule has 1 saturated heterocycles. The van der Waals surface area contributed by atoms with Gasteiger partial charge in [-0.15, -0.1) is 11.3 Å². The van der Waals surface area contributed by atoms with Gasteiger partial charge in [0.1, 0.15) is 5.82 Å². The van der Waals surface area contributed by atoms with Gasteiger partial charge in [-0.1, -0.05) is 13.0 Å². The average Bonchev–Trinajstić information content (AvgIpc) is 3.26. The van der Waals surface area contributed by atoms with Crippen molar-refractivity contribution in [3.8, 4) is 0 Å². The molecule has 1 N–H and O–H groups in total. The monoisotopic (exact) mass is 404 g/mol. The molecule has 27 heavy (non-hydrogen) atoms. The normalized spacial score (nSPS) is 14.3. The van der Waals surface area contributed by atoms with Crippen LogP contribution >= 0.6 is 23.1 Å². The molecule has 0 radical (unpaired) electrons. The van der Waals surface area contributed by atoms with Crippen LogP contribution in [-0.4, -0.2) is 65.9 Å². The van der Waals surface area contributed by atoms with Crippen LogP contribution < -0.4 is 10.2 Å². The summed E-state index contributed by atoms with van der Waals surface area (Å²) in [5, 5.41) is 4.83. The first kappa shape index (κ1) is 19.7. The topological polar surface area (TPSA) is 65.5 Å². The van der Waals surface area contributed by atoms with E-state index in [2.05, 4.69) is 22.1 Å². The summed E-state index contributed by atoms with van der Waals surface area (Å²) in [5.74, 6) is 2.83. The number of hydrogen-bond donors (Lipinski definition) is 1. The van der Waals surface area contributed by atoms with Crippen LogP contribution in [0.1, 0.15) is 27.0 Å². The number of nitrogens with one attached hydrogen (secondary N) is 1. The number of anilines is 1. The molecule has 1 aliphatic heterocycles. The van der Waals surface area contributed by atoms with Gasteiger partial charge in [-0.3, -0.25) is 9.59 Å². The van der Waals surface area contributed by atoms with Crippen molar-refractivity contribution in [2.24, 2.45) is 0 Å². The van der Waals surface area contributed by atoms with Gasteiger partial charge in [0.2, 0.25) is 0 Å². The summed E-state index contributed by atoms with van der Waals surface area (Å²) in [4.78, 5) is 33.8. The highest BCUT2D eigenvalue weighted by Gasteiger charge is 2.23. The quantitative estimate of drug-likeness (QED) is 0.719. The number of aromatic nitrogens is 1. The molecule has 8 heteroatoms. The Labute approximate surface area is 168 Å². The van der Waals surface area contributed by atoms with Crippen LogP contribution in [0.5, 0.6) is 0 Å². The van der Waals surface area contributed by atoms with E-state index in [1.807, 2.05) is 34.5 Å². The maximum atomic E-state index is 12.4. The van der Waals surface area contributed by atoms with E-state index in [0.29, 0.717) is 25.2 Å². The van der Waals surface area contributed by atoms with Crippen molar-refractivity contribution in [3.05, 3.63) is 46.3 Å². The molecule has 3 heterocycles. The van der Waals surface area contributed by atoms with Crippen LogP contribution in [0.3, 0.4) is 0 Å². The van der Waals surface area contributed by atoms with E-state index >= 15 is 0 Å². The number of amides is 2. The van der Waals surface area contributed by atoms with E-state index < -0.39 is 0 Å². The molecule has 0 bridgehead atoms. The van der Waals surface area contributed by atoms with E-state index in [0.717, 1.165) is 35.3 Å². The largest absolute Gasteiger partial charge is 0.353 e. The molecule has 6 nitrogen and oxygen atoms in total. The van der Waals surface area contributed by atoms with E-state index in [1.165, 1.54) is 11.3 Å². The summed E-state index contributed by atoms with van der Waals surface area (Å²) >= 11 is 3.28. The molecule has 0 aliphatic carbocycles. The van der Waals surface area contributed by atoms with Crippen LogP contribution in [0.2, 0.25) is 0 Å². The summed E-state index contributed by atoms with van der Waals surface area (Å²) in [5.41, 5.74) is 0.576. The molecular formula is C19H24N4O2S2. The SMILES string of the molecule is CCSCCNC(=O)c1ccc(N2CCN(C(=O)c3cccs3)CC2)nc1. The third-order valence-electron chi connectivity index (χ3n) is 4.37. The fraction of sp³-hybridized carbons (Fsp3) is 0.421. The molecule has 1 aliphatic rings. The summed E-state index contributed by atoms with van der Waals surface area (Å²) in [7, 11) is 0. The number of carbonyl (C=O) groups excluding carboxylic acids is 2. The Morgan fingerprint density at radius 2 is 2.04 bits per heavy atom. The predicted molar refractivity (Wildman–Crippen MR) is 112 cm³/mol. The number of hydrogen-bond acceptors (Lipinski definition) is 6. The standard InChI is InChI=1S/C19H24N4O2S2/c1-2-26-13-7-20-18(24)15-5-6-17(21-14-15)22-8-10-23(11-9-22)19(25)16-4-3-12-27-16/h3-6,12,14H,2,7-11,13H2,1H3,(H,20,24). The second-order valence-corrected chi connectivity index (χ2v) is 8.46. The Balaban J connectivity index is 1.50. The minimum Gasteiger partial charge on any atom is -0.353 e. The Hall–Kier alpha value is -2.06. The first-order chi connectivity index (χ1) is 13.2. The molecule has 0 atom stereocenters. The van der Waals surface area contributed by atoms with E-state index in [1.54, 1.807) is 18.0 Å². The molecule has 2 aromatic rings. The smallest absolute Gasteiger partial charge is 0.264 e. The molecular weight excluding hydrogens is 380 g/mol. The highest BCUT2D eigenvalue weighted by Crippen LogP contribution is 2.17. The highest BCUT2D eigenvalue weighted by molar-refractivity contribution is 7.99. The van der Waals surface area contributed by atoms with Crippen molar-refractivity contribution in [2.45, 2.75) is 6.92 Å². The van der Waals surface area contributed by atoms with Gasteiger partial charge in [0, 0.05) is 44.7 Å². The zero-order chi connectivity index (χ0) is 19.1. The number of rotatable bonds is 7. The van der Waals surface area contributed by atoms with E-state index in [-0.39, 0.29) is 11.8 Å². The number of nitrogens with zero attached hydrogens (tertiary/aromatic N) is 3. The maximum absolute atomic E-state index is 12.4. The van der Waals surface area contributed by atoms with Gasteiger partial charge < -0.3 is 15.1 Å². The van der Waals surface area contributed by atoms with Gasteiger partial charge >= 0.3 is 0 Å². The Bertz CT molecular complexity index is 742. The summed E-state index contributed by atoms with van der Waals surface area (Å²) < 4.78 is 0. The zero-order valence-electron chi connectivity index (χ0n) is 15.4. The second-order valence-electron chi connectivity index (χ2n) is 6.11. The van der Waals surface area contributed by atoms with Crippen LogP contribution in [0, 0.1) is 0 Å². The molecule has 144 valence electrons. The molecule has 3 rings (SSSR count). The lowest BCUT2D eigenvalue weighted by atomic mass is 10.2. The van der Waals surface area contributed by atoms with Crippen molar-refractivity contribution >= 4 is 40.7 Å². The summed E-state index contributed by atoms with van der Waals surface area (Å²) in [6.07, 6.45) is 1.63. The molecule has 0 spiro atoms. The fourth-order valence-electron chi connectivity index (χ4n) is 2.89. The lowest BCUT2D eigenvalue weighted by molar-refractivity contribution is 0.0751. The Morgan fingerprint density at radius 1 is 1.22 bits per heavy atom. The first-order valence-corrected chi connectivity index (χ1v) is 11.1. The molecule has 1 fully saturated rings. The van der Waals surface area contributed by atoms with Gasteiger partial charge in [0.15, 0.2) is 0 Å². The van der Waals surface area contributed by atoms with Gasteiger partial charge in [-0.25, -0.2) is 4.98 Å². The third kappa shape index (κ3) is 5.23. The van der Waals surface area contributed by atoms with Crippen molar-refractivity contribution in [2.75, 3.05) is 49.1 Å². The molecule has 0 saturated carbocycles. The van der Waals surface area contributed by atoms with Crippen molar-refractivity contribution in [3.63, 3.8) is 0 Å². The Kier molecular flexibility index (Phi) is 7.11. The van der Waals surface area contributed by atoms with Crippen LogP contribution in [0.25, 0.3) is 0 Å². The van der Waals surface area contributed by atoms with Crippen LogP contribution in [0.4, 0.5) is 5.82 Å². The zero-order valence-corrected chi connectivity index (χ0v) is 17.0. The lowest BCUT2D eigenvalue weighted by Gasteiger charge is -2.35. The maximum Gasteiger partial charge on any atom is 0.264 e. The minimum atomic E-state index is -0.0860. The predicted octanol–water partition coefficient (Wildman–Crippen LogP) is 2.59. The van der Waals surface area contributed by atoms with Gasteiger partial charge in [0.25, 0.3) is 11.8 Å². The summed E-state index contributed by atoms with van der Waals surface area (Å²) in [6.45, 7) is 5.60. The van der Waals surface area contributed by atoms with Crippen molar-refractivity contribution in [1.82, 2.24) is 15.2 Å². The number of thiophene rings is 1.